The van der Waals surface area contributed by atoms with Crippen LogP contribution >= 0.6 is 23.4 Å². The van der Waals surface area contributed by atoms with Crippen molar-refractivity contribution in [3.63, 3.8) is 0 Å². The molecule has 1 saturated heterocycles. The third-order valence-corrected chi connectivity index (χ3v) is 8.19. The van der Waals surface area contributed by atoms with Crippen molar-refractivity contribution in [1.29, 1.82) is 0 Å². The molecule has 0 saturated carbocycles. The van der Waals surface area contributed by atoms with Gasteiger partial charge in [0.1, 0.15) is 16.4 Å². The van der Waals surface area contributed by atoms with E-state index in [1.165, 1.54) is 36.4 Å². The molecule has 2 aromatic rings. The van der Waals surface area contributed by atoms with E-state index in [2.05, 4.69) is 0 Å². The fourth-order valence-corrected chi connectivity index (χ4v) is 5.83. The van der Waals surface area contributed by atoms with Crippen molar-refractivity contribution < 1.29 is 22.7 Å². The van der Waals surface area contributed by atoms with Gasteiger partial charge in [-0.15, -0.1) is 11.8 Å². The second kappa shape index (κ2) is 9.91. The molecule has 1 heterocycles. The Morgan fingerprint density at radius 1 is 1.07 bits per heavy atom. The summed E-state index contributed by atoms with van der Waals surface area (Å²) in [7, 11) is -0.880. The molecule has 0 atom stereocenters. The number of benzene rings is 2. The van der Waals surface area contributed by atoms with Gasteiger partial charge in [0.15, 0.2) is 0 Å². The third-order valence-electron chi connectivity index (χ3n) is 4.77. The molecule has 2 aromatic carbocycles. The lowest BCUT2D eigenvalue weighted by Gasteiger charge is -2.34. The standard InChI is InChI=1S/C20H23ClN2O5S2/c1-27-15-7-8-17(28-2)19(13-15)30(25,26)23-11-9-22(10-12-23)20(24)14-29-18-6-4-3-5-16(18)21/h3-8,13H,9-12,14H2,1-2H3. The highest BCUT2D eigenvalue weighted by Crippen LogP contribution is 2.31. The number of rotatable bonds is 7. The van der Waals surface area contributed by atoms with E-state index in [1.807, 2.05) is 18.2 Å². The summed E-state index contributed by atoms with van der Waals surface area (Å²) < 4.78 is 38.0. The monoisotopic (exact) mass is 470 g/mol. The number of hydrogen-bond donors (Lipinski definition) is 0. The van der Waals surface area contributed by atoms with Gasteiger partial charge in [0.25, 0.3) is 0 Å². The Morgan fingerprint density at radius 3 is 2.40 bits per heavy atom. The maximum Gasteiger partial charge on any atom is 0.247 e. The molecule has 1 amide bonds. The number of nitrogens with zero attached hydrogens (tertiary/aromatic N) is 2. The number of carbonyl (C=O) groups excluding carboxylic acids is 1. The number of piperazine rings is 1. The predicted octanol–water partition coefficient (Wildman–Crippen LogP) is 2.98. The first-order valence-electron chi connectivity index (χ1n) is 9.24. The van der Waals surface area contributed by atoms with Crippen LogP contribution in [0.2, 0.25) is 5.02 Å². The number of ether oxygens (including phenoxy) is 2. The first kappa shape index (κ1) is 22.7. The van der Waals surface area contributed by atoms with Crippen molar-refractivity contribution in [2.45, 2.75) is 9.79 Å². The molecule has 0 bridgehead atoms. The molecule has 3 rings (SSSR count). The van der Waals surface area contributed by atoms with Crippen LogP contribution in [-0.4, -0.2) is 69.7 Å². The van der Waals surface area contributed by atoms with Crippen molar-refractivity contribution in [2.75, 3.05) is 46.2 Å². The van der Waals surface area contributed by atoms with Crippen LogP contribution in [0.25, 0.3) is 0 Å². The Labute approximate surface area is 185 Å². The first-order valence-corrected chi connectivity index (χ1v) is 12.0. The quantitative estimate of drug-likeness (QED) is 0.579. The van der Waals surface area contributed by atoms with E-state index in [1.54, 1.807) is 23.1 Å². The zero-order chi connectivity index (χ0) is 21.7. The number of sulfonamides is 1. The normalized spacial score (nSPS) is 15.1. The van der Waals surface area contributed by atoms with Crippen LogP contribution in [0.15, 0.2) is 52.3 Å². The number of methoxy groups -OCH3 is 2. The highest BCUT2D eigenvalue weighted by molar-refractivity contribution is 8.00. The summed E-state index contributed by atoms with van der Waals surface area (Å²) in [6.07, 6.45) is 0. The Hall–Kier alpha value is -1.94. The molecule has 1 fully saturated rings. The van der Waals surface area contributed by atoms with Crippen LogP contribution in [0.3, 0.4) is 0 Å². The van der Waals surface area contributed by atoms with Crippen LogP contribution in [-0.2, 0) is 14.8 Å². The molecule has 0 radical (unpaired) electrons. The molecule has 10 heteroatoms. The van der Waals surface area contributed by atoms with Gasteiger partial charge >= 0.3 is 0 Å². The van der Waals surface area contributed by atoms with Crippen molar-refractivity contribution in [2.24, 2.45) is 0 Å². The molecule has 0 spiro atoms. The predicted molar refractivity (Wildman–Crippen MR) is 117 cm³/mol. The topological polar surface area (TPSA) is 76.2 Å². The second-order valence-electron chi connectivity index (χ2n) is 6.52. The van der Waals surface area contributed by atoms with E-state index in [9.17, 15) is 13.2 Å². The smallest absolute Gasteiger partial charge is 0.247 e. The average molecular weight is 471 g/mol. The van der Waals surface area contributed by atoms with Crippen LogP contribution in [0.5, 0.6) is 11.5 Å². The van der Waals surface area contributed by atoms with Gasteiger partial charge in [-0.2, -0.15) is 4.31 Å². The van der Waals surface area contributed by atoms with E-state index in [-0.39, 0.29) is 35.4 Å². The molecule has 1 aliphatic heterocycles. The van der Waals surface area contributed by atoms with Gasteiger partial charge in [-0.3, -0.25) is 4.79 Å². The summed E-state index contributed by atoms with van der Waals surface area (Å²) in [5.74, 6) is 0.890. The third kappa shape index (κ3) is 5.03. The minimum absolute atomic E-state index is 0.0454. The fraction of sp³-hybridized carbons (Fsp3) is 0.350. The maximum absolute atomic E-state index is 13.1. The van der Waals surface area contributed by atoms with Crippen molar-refractivity contribution in [1.82, 2.24) is 9.21 Å². The largest absolute Gasteiger partial charge is 0.497 e. The van der Waals surface area contributed by atoms with Gasteiger partial charge < -0.3 is 14.4 Å². The van der Waals surface area contributed by atoms with Crippen LogP contribution in [0.1, 0.15) is 0 Å². The maximum atomic E-state index is 13.1. The van der Waals surface area contributed by atoms with Crippen molar-refractivity contribution in [3.8, 4) is 11.5 Å². The van der Waals surface area contributed by atoms with Gasteiger partial charge in [-0.1, -0.05) is 23.7 Å². The summed E-state index contributed by atoms with van der Waals surface area (Å²) in [6, 6.07) is 12.0. The number of halogens is 1. The minimum atomic E-state index is -3.78. The molecule has 7 nitrogen and oxygen atoms in total. The molecule has 0 aliphatic carbocycles. The summed E-state index contributed by atoms with van der Waals surface area (Å²) in [6.45, 7) is 1.08. The van der Waals surface area contributed by atoms with Crippen molar-refractivity contribution in [3.05, 3.63) is 47.5 Å². The lowest BCUT2D eigenvalue weighted by Crippen LogP contribution is -2.51. The van der Waals surface area contributed by atoms with Gasteiger partial charge in [0.2, 0.25) is 15.9 Å². The van der Waals surface area contributed by atoms with Crippen molar-refractivity contribution >= 4 is 39.3 Å². The van der Waals surface area contributed by atoms with Gasteiger partial charge in [-0.05, 0) is 24.3 Å². The van der Waals surface area contributed by atoms with Gasteiger partial charge in [-0.25, -0.2) is 8.42 Å². The number of thioether (sulfide) groups is 1. The molecule has 0 unspecified atom stereocenters. The Morgan fingerprint density at radius 2 is 1.77 bits per heavy atom. The summed E-state index contributed by atoms with van der Waals surface area (Å²) in [5, 5.41) is 0.610. The Bertz CT molecular complexity index is 1010. The average Bonchev–Trinajstić information content (AvgIpc) is 2.78. The molecular weight excluding hydrogens is 448 g/mol. The van der Waals surface area contributed by atoms with E-state index >= 15 is 0 Å². The number of amides is 1. The second-order valence-corrected chi connectivity index (χ2v) is 9.85. The molecule has 0 N–H and O–H groups in total. The zero-order valence-electron chi connectivity index (χ0n) is 16.7. The molecule has 30 heavy (non-hydrogen) atoms. The SMILES string of the molecule is COc1ccc(OC)c(S(=O)(=O)N2CCN(C(=O)CSc3ccccc3Cl)CC2)c1. The first-order chi connectivity index (χ1) is 14.4. The lowest BCUT2D eigenvalue weighted by molar-refractivity contribution is -0.129. The molecular formula is C20H23ClN2O5S2. The van der Waals surface area contributed by atoms with Crippen LogP contribution < -0.4 is 9.47 Å². The van der Waals surface area contributed by atoms with Crippen LogP contribution in [0.4, 0.5) is 0 Å². The highest BCUT2D eigenvalue weighted by Gasteiger charge is 2.32. The van der Waals surface area contributed by atoms with E-state index in [0.29, 0.717) is 23.9 Å². The lowest BCUT2D eigenvalue weighted by atomic mass is 10.3. The van der Waals surface area contributed by atoms with Crippen LogP contribution in [0, 0.1) is 0 Å². The zero-order valence-corrected chi connectivity index (χ0v) is 19.1. The number of hydrogen-bond acceptors (Lipinski definition) is 6. The highest BCUT2D eigenvalue weighted by atomic mass is 35.5. The molecule has 0 aromatic heterocycles. The van der Waals surface area contributed by atoms with Gasteiger partial charge in [0.05, 0.1) is 25.0 Å². The summed E-state index contributed by atoms with van der Waals surface area (Å²) >= 11 is 7.50. The van der Waals surface area contributed by atoms with Gasteiger partial charge in [0, 0.05) is 37.1 Å². The minimum Gasteiger partial charge on any atom is -0.497 e. The van der Waals surface area contributed by atoms with E-state index in [0.717, 1.165) is 4.90 Å². The molecule has 162 valence electrons. The Balaban J connectivity index is 1.63. The van der Waals surface area contributed by atoms with E-state index in [4.69, 9.17) is 21.1 Å². The fourth-order valence-electron chi connectivity index (χ4n) is 3.10. The molecule has 1 aliphatic rings. The summed E-state index contributed by atoms with van der Waals surface area (Å²) in [5.41, 5.74) is 0. The number of carbonyl (C=O) groups is 1. The Kier molecular flexibility index (Phi) is 7.51. The van der Waals surface area contributed by atoms with E-state index < -0.39 is 10.0 Å². The summed E-state index contributed by atoms with van der Waals surface area (Å²) in [4.78, 5) is 15.1.